The van der Waals surface area contributed by atoms with E-state index in [1.54, 1.807) is 0 Å². The normalized spacial score (nSPS) is 13.8. The number of hydrogen-bond acceptors (Lipinski definition) is 3. The lowest BCUT2D eigenvalue weighted by molar-refractivity contribution is 0.443. The summed E-state index contributed by atoms with van der Waals surface area (Å²) in [6.07, 6.45) is 6.56. The summed E-state index contributed by atoms with van der Waals surface area (Å²) in [4.78, 5) is 10.6. The van der Waals surface area contributed by atoms with E-state index in [1.807, 2.05) is 18.2 Å². The second kappa shape index (κ2) is 14.2. The van der Waals surface area contributed by atoms with Crippen LogP contribution in [0.2, 0.25) is 0 Å². The van der Waals surface area contributed by atoms with Crippen LogP contribution in [0, 0.1) is 0 Å². The summed E-state index contributed by atoms with van der Waals surface area (Å²) in [6, 6.07) is 48.0. The van der Waals surface area contributed by atoms with Crippen LogP contribution in [-0.4, -0.2) is 14.5 Å². The second-order valence-corrected chi connectivity index (χ2v) is 15.7. The van der Waals surface area contributed by atoms with Gasteiger partial charge in [0.2, 0.25) is 5.89 Å². The van der Waals surface area contributed by atoms with E-state index in [4.69, 9.17) is 14.4 Å². The number of para-hydroxylation sites is 2. The van der Waals surface area contributed by atoms with Crippen LogP contribution in [0.15, 0.2) is 138 Å². The Hall–Kier alpha value is -5.74. The highest BCUT2D eigenvalue weighted by atomic mass is 16.3. The smallest absolute Gasteiger partial charge is 0.227 e. The summed E-state index contributed by atoms with van der Waals surface area (Å²) in [5.41, 5.74) is 15.5. The molecule has 0 N–H and O–H groups in total. The van der Waals surface area contributed by atoms with Crippen molar-refractivity contribution in [2.75, 3.05) is 0 Å². The van der Waals surface area contributed by atoms with Crippen LogP contribution in [0.1, 0.15) is 94.2 Å². The molecule has 1 aliphatic rings. The lowest BCUT2D eigenvalue weighted by atomic mass is 9.83. The Balaban J connectivity index is 1.29. The number of benzene rings is 6. The molecule has 4 heteroatoms. The molecule has 0 radical (unpaired) electrons. The van der Waals surface area contributed by atoms with Crippen molar-refractivity contribution in [3.8, 4) is 50.8 Å². The number of imidazole rings is 1. The number of nitrogens with zero attached hydrogens (tertiary/aromatic N) is 3. The molecule has 4 nitrogen and oxygen atoms in total. The average Bonchev–Trinajstić information content (AvgIpc) is 3.83. The van der Waals surface area contributed by atoms with Gasteiger partial charge in [-0.15, -0.1) is 0 Å². The molecule has 1 aliphatic carbocycles. The van der Waals surface area contributed by atoms with Crippen molar-refractivity contribution in [3.05, 3.63) is 150 Å². The van der Waals surface area contributed by atoms with Gasteiger partial charge in [-0.3, -0.25) is 4.57 Å². The number of hydrogen-bond donors (Lipinski definition) is 0. The molecule has 268 valence electrons. The van der Waals surface area contributed by atoms with Crippen molar-refractivity contribution in [2.45, 2.75) is 77.6 Å². The largest absolute Gasteiger partial charge is 0.435 e. The monoisotopic (exact) mass is 705 g/mol. The molecule has 2 aromatic heterocycles. The predicted octanol–water partition coefficient (Wildman–Crippen LogP) is 14.1. The molecule has 1 fully saturated rings. The van der Waals surface area contributed by atoms with Gasteiger partial charge in [-0.1, -0.05) is 132 Å². The summed E-state index contributed by atoms with van der Waals surface area (Å²) < 4.78 is 9.09. The quantitative estimate of drug-likeness (QED) is 0.158. The zero-order valence-electron chi connectivity index (χ0n) is 31.7. The first-order chi connectivity index (χ1) is 26.4. The molecule has 8 aromatic rings. The number of aromatic nitrogens is 3. The molecule has 9 rings (SSSR count). The van der Waals surface area contributed by atoms with Gasteiger partial charge in [-0.2, -0.15) is 0 Å². The molecule has 0 saturated heterocycles. The molecule has 54 heavy (non-hydrogen) atoms. The minimum absolute atomic E-state index is 0.278. The van der Waals surface area contributed by atoms with Gasteiger partial charge in [0.15, 0.2) is 5.58 Å². The first kappa shape index (κ1) is 34.1. The van der Waals surface area contributed by atoms with E-state index < -0.39 is 0 Å². The second-order valence-electron chi connectivity index (χ2n) is 15.7. The predicted molar refractivity (Wildman–Crippen MR) is 224 cm³/mol. The maximum absolute atomic E-state index is 6.67. The van der Waals surface area contributed by atoms with E-state index in [-0.39, 0.29) is 11.8 Å². The third-order valence-electron chi connectivity index (χ3n) is 11.4. The first-order valence-electron chi connectivity index (χ1n) is 19.7. The van der Waals surface area contributed by atoms with E-state index in [0.29, 0.717) is 11.8 Å². The number of oxazole rings is 1. The highest BCUT2D eigenvalue weighted by Crippen LogP contribution is 2.43. The van der Waals surface area contributed by atoms with Gasteiger partial charge in [0.25, 0.3) is 0 Å². The molecule has 2 heterocycles. The van der Waals surface area contributed by atoms with E-state index in [2.05, 4.69) is 148 Å². The lowest BCUT2D eigenvalue weighted by Gasteiger charge is -2.24. The van der Waals surface area contributed by atoms with Gasteiger partial charge >= 0.3 is 0 Å². The molecule has 0 bridgehead atoms. The van der Waals surface area contributed by atoms with Gasteiger partial charge < -0.3 is 4.42 Å². The Morgan fingerprint density at radius 2 is 1.19 bits per heavy atom. The summed E-state index contributed by atoms with van der Waals surface area (Å²) in [5, 5.41) is 0. The SMILES string of the molecule is CC(C)c1cc(-c2ccccc2)cc(C(C)C)c1-n1c(-c2cc(-c3ccc(C4CCCCC4)cc3)c3oc(-c4ccccc4)nc3c2)nc2ccccc21. The highest BCUT2D eigenvalue weighted by molar-refractivity contribution is 5.96. The maximum atomic E-state index is 6.67. The van der Waals surface area contributed by atoms with E-state index in [9.17, 15) is 0 Å². The fourth-order valence-corrected chi connectivity index (χ4v) is 8.51. The topological polar surface area (TPSA) is 43.9 Å². The van der Waals surface area contributed by atoms with E-state index in [1.165, 1.54) is 65.6 Å². The highest BCUT2D eigenvalue weighted by Gasteiger charge is 2.25. The van der Waals surface area contributed by atoms with Crippen molar-refractivity contribution < 1.29 is 4.42 Å². The molecule has 1 saturated carbocycles. The fourth-order valence-electron chi connectivity index (χ4n) is 8.51. The molecule has 0 unspecified atom stereocenters. The van der Waals surface area contributed by atoms with Crippen LogP contribution < -0.4 is 0 Å². The van der Waals surface area contributed by atoms with Gasteiger partial charge in [0, 0.05) is 16.7 Å². The fraction of sp³-hybridized carbons (Fsp3) is 0.240. The zero-order valence-corrected chi connectivity index (χ0v) is 31.7. The van der Waals surface area contributed by atoms with E-state index >= 15 is 0 Å². The summed E-state index contributed by atoms with van der Waals surface area (Å²) >= 11 is 0. The Kier molecular flexibility index (Phi) is 8.98. The molecular weight excluding hydrogens is 659 g/mol. The molecule has 0 atom stereocenters. The third kappa shape index (κ3) is 6.24. The molecule has 0 spiro atoms. The van der Waals surface area contributed by atoms with Crippen molar-refractivity contribution >= 4 is 22.1 Å². The Labute approximate surface area is 318 Å². The molecule has 0 amide bonds. The Morgan fingerprint density at radius 3 is 1.85 bits per heavy atom. The van der Waals surface area contributed by atoms with Gasteiger partial charge in [0.05, 0.1) is 16.7 Å². The Bertz CT molecular complexity index is 2540. The van der Waals surface area contributed by atoms with Crippen molar-refractivity contribution in [2.24, 2.45) is 0 Å². The molecule has 0 aliphatic heterocycles. The summed E-state index contributed by atoms with van der Waals surface area (Å²) in [6.45, 7) is 9.21. The van der Waals surface area contributed by atoms with Crippen LogP contribution in [0.5, 0.6) is 0 Å². The summed E-state index contributed by atoms with van der Waals surface area (Å²) in [5.74, 6) is 2.73. The molecular formula is C50H47N3O. The van der Waals surface area contributed by atoms with E-state index in [0.717, 1.165) is 50.2 Å². The van der Waals surface area contributed by atoms with Crippen molar-refractivity contribution in [1.82, 2.24) is 14.5 Å². The third-order valence-corrected chi connectivity index (χ3v) is 11.4. The summed E-state index contributed by atoms with van der Waals surface area (Å²) in [7, 11) is 0. The average molecular weight is 706 g/mol. The molecule has 6 aromatic carbocycles. The minimum atomic E-state index is 0.278. The van der Waals surface area contributed by atoms with Crippen LogP contribution in [0.25, 0.3) is 72.9 Å². The first-order valence-corrected chi connectivity index (χ1v) is 19.7. The van der Waals surface area contributed by atoms with Crippen LogP contribution in [0.3, 0.4) is 0 Å². The number of fused-ring (bicyclic) bond motifs is 2. The van der Waals surface area contributed by atoms with Gasteiger partial charge in [-0.25, -0.2) is 9.97 Å². The van der Waals surface area contributed by atoms with Crippen molar-refractivity contribution in [3.63, 3.8) is 0 Å². The number of rotatable bonds is 8. The van der Waals surface area contributed by atoms with Crippen LogP contribution in [-0.2, 0) is 0 Å². The van der Waals surface area contributed by atoms with Gasteiger partial charge in [0.1, 0.15) is 11.3 Å². The maximum Gasteiger partial charge on any atom is 0.227 e. The van der Waals surface area contributed by atoms with Crippen LogP contribution in [0.4, 0.5) is 0 Å². The standard InChI is InChI=1S/C50H47N3O/c1-32(2)41-28-39(35-18-10-6-11-19-35)29-42(33(3)4)47(41)53-46-23-15-14-22-44(46)51-49(53)40-30-43(37-26-24-36(25-27-37)34-16-8-5-9-17-34)48-45(31-40)52-50(54-48)38-20-12-7-13-21-38/h6-7,10-15,18-34H,5,8-9,16-17H2,1-4H3. The van der Waals surface area contributed by atoms with Gasteiger partial charge in [-0.05, 0) is 113 Å². The Morgan fingerprint density at radius 1 is 0.556 bits per heavy atom. The zero-order chi connectivity index (χ0) is 36.8. The van der Waals surface area contributed by atoms with Crippen LogP contribution >= 0.6 is 0 Å². The van der Waals surface area contributed by atoms with Crippen molar-refractivity contribution in [1.29, 1.82) is 0 Å². The lowest BCUT2D eigenvalue weighted by Crippen LogP contribution is -2.09. The minimum Gasteiger partial charge on any atom is -0.435 e.